The molecule has 1 atom stereocenters. The van der Waals surface area contributed by atoms with Gasteiger partial charge in [-0.3, -0.25) is 0 Å². The monoisotopic (exact) mass is 529 g/mol. The van der Waals surface area contributed by atoms with E-state index in [0.717, 1.165) is 39.2 Å². The number of nitrogens with zero attached hydrogens (tertiary/aromatic N) is 2. The molecule has 4 nitrogen and oxygen atoms in total. The van der Waals surface area contributed by atoms with Crippen molar-refractivity contribution < 1.29 is 17.9 Å². The van der Waals surface area contributed by atoms with E-state index in [4.69, 9.17) is 10.5 Å². The Labute approximate surface area is 204 Å². The molecule has 0 aliphatic rings. The first-order chi connectivity index (χ1) is 16.2. The van der Waals surface area contributed by atoms with E-state index < -0.39 is 11.7 Å². The average Bonchev–Trinajstić information content (AvgIpc) is 3.18. The molecule has 0 fully saturated rings. The van der Waals surface area contributed by atoms with Crippen LogP contribution in [0.4, 0.5) is 19.1 Å². The molecule has 4 aromatic rings. The number of benzene rings is 3. The van der Waals surface area contributed by atoms with Crippen LogP contribution in [-0.2, 0) is 19.1 Å². The molecule has 0 spiro atoms. The lowest BCUT2D eigenvalue weighted by molar-refractivity contribution is -0.137. The van der Waals surface area contributed by atoms with Crippen molar-refractivity contribution in [1.82, 2.24) is 9.55 Å². The number of aromatic nitrogens is 2. The van der Waals surface area contributed by atoms with E-state index in [1.807, 2.05) is 54.7 Å². The average molecular weight is 530 g/mol. The number of alkyl halides is 3. The van der Waals surface area contributed by atoms with Crippen LogP contribution >= 0.6 is 15.9 Å². The molecule has 0 radical (unpaired) electrons. The fourth-order valence-corrected chi connectivity index (χ4v) is 4.14. The molecule has 1 aromatic heterocycles. The maximum absolute atomic E-state index is 13.1. The van der Waals surface area contributed by atoms with Gasteiger partial charge in [-0.2, -0.15) is 13.2 Å². The molecule has 4 rings (SSSR count). The topological polar surface area (TPSA) is 53.1 Å². The van der Waals surface area contributed by atoms with Gasteiger partial charge in [0.1, 0.15) is 5.75 Å². The van der Waals surface area contributed by atoms with Crippen LogP contribution in [-0.4, -0.2) is 16.7 Å². The van der Waals surface area contributed by atoms with E-state index >= 15 is 0 Å². The van der Waals surface area contributed by atoms with E-state index in [2.05, 4.69) is 20.9 Å². The van der Waals surface area contributed by atoms with Gasteiger partial charge in [0, 0.05) is 16.6 Å². The third kappa shape index (κ3) is 5.62. The van der Waals surface area contributed by atoms with Crippen LogP contribution in [0.5, 0.6) is 5.75 Å². The highest BCUT2D eigenvalue weighted by Crippen LogP contribution is 2.32. The van der Waals surface area contributed by atoms with Gasteiger partial charge in [-0.05, 0) is 59.5 Å². The normalized spacial score (nSPS) is 12.5. The van der Waals surface area contributed by atoms with E-state index in [1.165, 1.54) is 6.07 Å². The molecule has 176 valence electrons. The Morgan fingerprint density at radius 2 is 1.71 bits per heavy atom. The number of imidazole rings is 1. The second-order valence-corrected chi connectivity index (χ2v) is 8.92. The summed E-state index contributed by atoms with van der Waals surface area (Å²) in [4.78, 5) is 4.59. The van der Waals surface area contributed by atoms with Crippen molar-refractivity contribution in [2.45, 2.75) is 25.1 Å². The number of nitrogens with two attached hydrogens (primary N) is 1. The Kier molecular flexibility index (Phi) is 6.97. The first-order valence-corrected chi connectivity index (χ1v) is 11.4. The summed E-state index contributed by atoms with van der Waals surface area (Å²) in [5, 5.41) is 0. The van der Waals surface area contributed by atoms with Gasteiger partial charge < -0.3 is 15.0 Å². The highest BCUT2D eigenvalue weighted by Gasteiger charge is 2.30. The molecule has 3 aromatic carbocycles. The van der Waals surface area contributed by atoms with E-state index in [1.54, 1.807) is 17.7 Å². The molecule has 34 heavy (non-hydrogen) atoms. The van der Waals surface area contributed by atoms with Crippen LogP contribution in [0.2, 0.25) is 0 Å². The maximum atomic E-state index is 13.1. The fourth-order valence-electron chi connectivity index (χ4n) is 3.87. The van der Waals surface area contributed by atoms with Gasteiger partial charge in [0.2, 0.25) is 5.95 Å². The molecular formula is C26H23BrF3N3O. The second kappa shape index (κ2) is 9.93. The Morgan fingerprint density at radius 1 is 1.00 bits per heavy atom. The van der Waals surface area contributed by atoms with Gasteiger partial charge in [-0.15, -0.1) is 0 Å². The Balaban J connectivity index is 1.66. The van der Waals surface area contributed by atoms with E-state index in [0.29, 0.717) is 12.0 Å². The lowest BCUT2D eigenvalue weighted by Gasteiger charge is -2.16. The summed E-state index contributed by atoms with van der Waals surface area (Å²) >= 11 is 3.46. The summed E-state index contributed by atoms with van der Waals surface area (Å²) in [5.41, 5.74) is 8.91. The molecule has 2 N–H and O–H groups in total. The molecule has 0 saturated heterocycles. The Hall–Kier alpha value is -3.26. The van der Waals surface area contributed by atoms with Gasteiger partial charge in [-0.25, -0.2) is 4.98 Å². The molecular weight excluding hydrogens is 507 g/mol. The number of anilines is 1. The minimum Gasteiger partial charge on any atom is -0.497 e. The van der Waals surface area contributed by atoms with Crippen molar-refractivity contribution in [3.8, 4) is 5.75 Å². The Bertz CT molecular complexity index is 1250. The third-order valence-electron chi connectivity index (χ3n) is 5.66. The van der Waals surface area contributed by atoms with Gasteiger partial charge >= 0.3 is 6.18 Å². The van der Waals surface area contributed by atoms with Crippen LogP contribution in [0.25, 0.3) is 0 Å². The summed E-state index contributed by atoms with van der Waals surface area (Å²) in [5.74, 6) is 0.902. The van der Waals surface area contributed by atoms with E-state index in [-0.39, 0.29) is 18.4 Å². The number of rotatable bonds is 7. The van der Waals surface area contributed by atoms with Gasteiger partial charge in [0.15, 0.2) is 0 Å². The first-order valence-electron chi connectivity index (χ1n) is 10.6. The number of hydrogen-bond acceptors (Lipinski definition) is 3. The number of nitrogen functional groups attached to an aromatic ring is 1. The van der Waals surface area contributed by atoms with Crippen LogP contribution in [0, 0.1) is 0 Å². The van der Waals surface area contributed by atoms with Crippen LogP contribution in [0.15, 0.2) is 83.5 Å². The highest BCUT2D eigenvalue weighted by molar-refractivity contribution is 9.10. The van der Waals surface area contributed by atoms with Crippen molar-refractivity contribution in [3.63, 3.8) is 0 Å². The summed E-state index contributed by atoms with van der Waals surface area (Å²) in [7, 11) is 1.62. The summed E-state index contributed by atoms with van der Waals surface area (Å²) in [6.07, 6.45) is -1.89. The Morgan fingerprint density at radius 3 is 2.35 bits per heavy atom. The lowest BCUT2D eigenvalue weighted by Crippen LogP contribution is -2.08. The predicted octanol–water partition coefficient (Wildman–Crippen LogP) is 6.68. The summed E-state index contributed by atoms with van der Waals surface area (Å²) in [6, 6.07) is 21.1. The van der Waals surface area contributed by atoms with Crippen molar-refractivity contribution in [1.29, 1.82) is 0 Å². The van der Waals surface area contributed by atoms with Crippen molar-refractivity contribution in [3.05, 3.63) is 111 Å². The maximum Gasteiger partial charge on any atom is 0.416 e. The second-order valence-electron chi connectivity index (χ2n) is 8.01. The molecule has 0 bridgehead atoms. The standard InChI is InChI=1S/C26H23BrF3N3O/c1-34-22-11-7-19(8-12-22)23(14-17-5-9-21(27)10-6-17)24-16-33(25(31)32-24)15-18-3-2-4-20(13-18)26(28,29)30/h2-13,16,23H,14-15H2,1H3,(H2,31,32). The molecule has 0 aliphatic heterocycles. The third-order valence-corrected chi connectivity index (χ3v) is 6.19. The number of ether oxygens (including phenoxy) is 1. The molecule has 0 aliphatic carbocycles. The summed E-state index contributed by atoms with van der Waals surface area (Å²) in [6.45, 7) is 0.191. The minimum absolute atomic E-state index is 0.0999. The SMILES string of the molecule is COc1ccc(C(Cc2ccc(Br)cc2)c2cn(Cc3cccc(C(F)(F)F)c3)c(N)n2)cc1. The largest absolute Gasteiger partial charge is 0.497 e. The lowest BCUT2D eigenvalue weighted by atomic mass is 9.89. The zero-order valence-electron chi connectivity index (χ0n) is 18.4. The van der Waals surface area contributed by atoms with E-state index in [9.17, 15) is 13.2 Å². The van der Waals surface area contributed by atoms with Crippen LogP contribution < -0.4 is 10.5 Å². The van der Waals surface area contributed by atoms with Crippen molar-refractivity contribution >= 4 is 21.9 Å². The summed E-state index contributed by atoms with van der Waals surface area (Å²) < 4.78 is 47.3. The smallest absolute Gasteiger partial charge is 0.416 e. The predicted molar refractivity (Wildman–Crippen MR) is 130 cm³/mol. The fraction of sp³-hybridized carbons (Fsp3) is 0.192. The molecule has 1 heterocycles. The van der Waals surface area contributed by atoms with Crippen LogP contribution in [0.1, 0.15) is 33.9 Å². The zero-order valence-corrected chi connectivity index (χ0v) is 20.0. The minimum atomic E-state index is -4.40. The van der Waals surface area contributed by atoms with Crippen molar-refractivity contribution in [2.75, 3.05) is 12.8 Å². The first kappa shape index (κ1) is 23.9. The number of hydrogen-bond donors (Lipinski definition) is 1. The number of halogens is 4. The van der Waals surface area contributed by atoms with Crippen molar-refractivity contribution in [2.24, 2.45) is 0 Å². The quantitative estimate of drug-likeness (QED) is 0.290. The molecule has 0 amide bonds. The molecule has 1 unspecified atom stereocenters. The molecule has 0 saturated carbocycles. The number of methoxy groups -OCH3 is 1. The van der Waals surface area contributed by atoms with Gasteiger partial charge in [0.25, 0.3) is 0 Å². The van der Waals surface area contributed by atoms with Crippen LogP contribution in [0.3, 0.4) is 0 Å². The molecule has 8 heteroatoms. The van der Waals surface area contributed by atoms with Gasteiger partial charge in [0.05, 0.1) is 24.9 Å². The van der Waals surface area contributed by atoms with Gasteiger partial charge in [-0.1, -0.05) is 52.3 Å². The highest BCUT2D eigenvalue weighted by atomic mass is 79.9. The zero-order chi connectivity index (χ0) is 24.3.